The first-order chi connectivity index (χ1) is 10.2. The van der Waals surface area contributed by atoms with E-state index in [-0.39, 0.29) is 5.91 Å². The lowest BCUT2D eigenvalue weighted by molar-refractivity contribution is 0.0925. The molecule has 1 heterocycles. The summed E-state index contributed by atoms with van der Waals surface area (Å²) in [5, 5.41) is 6.18. The summed E-state index contributed by atoms with van der Waals surface area (Å²) in [7, 11) is 0. The molecule has 3 heteroatoms. The predicted molar refractivity (Wildman–Crippen MR) is 83.5 cm³/mol. The van der Waals surface area contributed by atoms with Gasteiger partial charge in [0.05, 0.1) is 0 Å². The van der Waals surface area contributed by atoms with Gasteiger partial charge in [0.1, 0.15) is 5.58 Å². The van der Waals surface area contributed by atoms with E-state index >= 15 is 0 Å². The van der Waals surface area contributed by atoms with E-state index in [0.29, 0.717) is 11.7 Å². The third-order valence-electron chi connectivity index (χ3n) is 4.28. The Bertz CT molecular complexity index is 843. The van der Waals surface area contributed by atoms with Crippen LogP contribution in [0.25, 0.3) is 21.7 Å². The number of rotatable bonds is 3. The fourth-order valence-electron chi connectivity index (χ4n) is 2.81. The van der Waals surface area contributed by atoms with Crippen molar-refractivity contribution < 1.29 is 9.21 Å². The van der Waals surface area contributed by atoms with Crippen LogP contribution in [0.3, 0.4) is 0 Å². The summed E-state index contributed by atoms with van der Waals surface area (Å²) < 4.78 is 5.91. The van der Waals surface area contributed by atoms with Crippen molar-refractivity contribution >= 4 is 27.6 Å². The highest BCUT2D eigenvalue weighted by Crippen LogP contribution is 2.32. The van der Waals surface area contributed by atoms with Gasteiger partial charge in [-0.25, -0.2) is 0 Å². The van der Waals surface area contributed by atoms with Crippen LogP contribution in [0.15, 0.2) is 40.8 Å². The summed E-state index contributed by atoms with van der Waals surface area (Å²) in [6.45, 7) is 2.71. The largest absolute Gasteiger partial charge is 0.450 e. The van der Waals surface area contributed by atoms with Crippen molar-refractivity contribution in [2.75, 3.05) is 6.54 Å². The van der Waals surface area contributed by atoms with Crippen LogP contribution >= 0.6 is 0 Å². The molecule has 3 aromatic rings. The molecule has 1 saturated carbocycles. The zero-order chi connectivity index (χ0) is 14.4. The lowest BCUT2D eigenvalue weighted by atomic mass is 10.1. The van der Waals surface area contributed by atoms with Crippen LogP contribution in [-0.2, 0) is 0 Å². The van der Waals surface area contributed by atoms with Gasteiger partial charge in [0, 0.05) is 22.9 Å². The van der Waals surface area contributed by atoms with E-state index in [2.05, 4.69) is 17.4 Å². The molecule has 0 saturated heterocycles. The second-order valence-corrected chi connectivity index (χ2v) is 5.87. The average molecular weight is 279 g/mol. The zero-order valence-corrected chi connectivity index (χ0v) is 12.0. The van der Waals surface area contributed by atoms with E-state index in [1.165, 1.54) is 12.8 Å². The monoisotopic (exact) mass is 279 g/mol. The highest BCUT2D eigenvalue weighted by Gasteiger charge is 2.24. The summed E-state index contributed by atoms with van der Waals surface area (Å²) in [6.07, 6.45) is 2.45. The summed E-state index contributed by atoms with van der Waals surface area (Å²) in [5.74, 6) is 1.01. The first-order valence-corrected chi connectivity index (χ1v) is 7.43. The number of hydrogen-bond donors (Lipinski definition) is 1. The van der Waals surface area contributed by atoms with E-state index in [1.807, 2.05) is 31.2 Å². The molecule has 1 fully saturated rings. The highest BCUT2D eigenvalue weighted by atomic mass is 16.3. The van der Waals surface area contributed by atoms with Crippen molar-refractivity contribution in [2.45, 2.75) is 19.8 Å². The Kier molecular flexibility index (Phi) is 2.74. The molecule has 0 radical (unpaired) electrons. The molecule has 0 atom stereocenters. The first-order valence-electron chi connectivity index (χ1n) is 7.43. The molecule has 3 nitrogen and oxygen atoms in total. The van der Waals surface area contributed by atoms with Crippen molar-refractivity contribution in [2.24, 2.45) is 5.92 Å². The SMILES string of the molecule is Cc1c(C(=O)NCC2CC2)oc2c1ccc1ccccc12. The number of benzene rings is 2. The number of nitrogens with one attached hydrogen (secondary N) is 1. The molecule has 106 valence electrons. The van der Waals surface area contributed by atoms with E-state index in [1.54, 1.807) is 0 Å². The number of fused-ring (bicyclic) bond motifs is 3. The molecule has 0 aliphatic heterocycles. The highest BCUT2D eigenvalue weighted by molar-refractivity contribution is 6.08. The molecule has 21 heavy (non-hydrogen) atoms. The Labute approximate surface area is 122 Å². The molecule has 4 rings (SSSR count). The fraction of sp³-hybridized carbons (Fsp3) is 0.278. The van der Waals surface area contributed by atoms with Gasteiger partial charge in [0.25, 0.3) is 5.91 Å². The molecule has 1 aliphatic carbocycles. The smallest absolute Gasteiger partial charge is 0.287 e. The molecule has 0 spiro atoms. The summed E-state index contributed by atoms with van der Waals surface area (Å²) in [4.78, 5) is 12.3. The molecular formula is C18H17NO2. The van der Waals surface area contributed by atoms with Gasteiger partial charge in [-0.1, -0.05) is 36.4 Å². The standard InChI is InChI=1S/C18H17NO2/c1-11-14-9-8-13-4-2-3-5-15(13)17(14)21-16(11)18(20)19-10-12-6-7-12/h2-5,8-9,12H,6-7,10H2,1H3,(H,19,20). The van der Waals surface area contributed by atoms with Crippen LogP contribution in [0.2, 0.25) is 0 Å². The summed E-state index contributed by atoms with van der Waals surface area (Å²) in [6, 6.07) is 12.2. The Hall–Kier alpha value is -2.29. The normalized spacial score (nSPS) is 14.7. The maximum absolute atomic E-state index is 12.3. The van der Waals surface area contributed by atoms with Crippen LogP contribution in [0, 0.1) is 12.8 Å². The second kappa shape index (κ2) is 4.62. The number of aryl methyl sites for hydroxylation is 1. The molecule has 1 aromatic heterocycles. The predicted octanol–water partition coefficient (Wildman–Crippen LogP) is 4.03. The van der Waals surface area contributed by atoms with Crippen molar-refractivity contribution in [3.05, 3.63) is 47.7 Å². The van der Waals surface area contributed by atoms with Crippen LogP contribution in [-0.4, -0.2) is 12.5 Å². The lowest BCUT2D eigenvalue weighted by Gasteiger charge is -2.01. The first kappa shape index (κ1) is 12.5. The van der Waals surface area contributed by atoms with Gasteiger partial charge < -0.3 is 9.73 Å². The molecular weight excluding hydrogens is 262 g/mol. The second-order valence-electron chi connectivity index (χ2n) is 5.87. The van der Waals surface area contributed by atoms with Crippen LogP contribution in [0.1, 0.15) is 29.0 Å². The maximum atomic E-state index is 12.3. The van der Waals surface area contributed by atoms with Crippen LogP contribution in [0.5, 0.6) is 0 Å². The third kappa shape index (κ3) is 2.09. The number of carbonyl (C=O) groups excluding carboxylic acids is 1. The van der Waals surface area contributed by atoms with E-state index in [9.17, 15) is 4.79 Å². The number of hydrogen-bond acceptors (Lipinski definition) is 2. The van der Waals surface area contributed by atoms with Gasteiger partial charge in [0.2, 0.25) is 0 Å². The van der Waals surface area contributed by atoms with Gasteiger partial charge in [-0.15, -0.1) is 0 Å². The maximum Gasteiger partial charge on any atom is 0.287 e. The van der Waals surface area contributed by atoms with E-state index in [0.717, 1.165) is 33.8 Å². The van der Waals surface area contributed by atoms with Crippen LogP contribution < -0.4 is 5.32 Å². The Balaban J connectivity index is 1.80. The molecule has 2 aromatic carbocycles. The number of amides is 1. The Morgan fingerprint density at radius 1 is 1.19 bits per heavy atom. The zero-order valence-electron chi connectivity index (χ0n) is 12.0. The van der Waals surface area contributed by atoms with E-state index in [4.69, 9.17) is 4.42 Å². The third-order valence-corrected chi connectivity index (χ3v) is 4.28. The summed E-state index contributed by atoms with van der Waals surface area (Å²) >= 11 is 0. The quantitative estimate of drug-likeness (QED) is 0.786. The Morgan fingerprint density at radius 3 is 2.81 bits per heavy atom. The minimum absolute atomic E-state index is 0.0975. The topological polar surface area (TPSA) is 42.2 Å². The number of carbonyl (C=O) groups is 1. The molecule has 0 unspecified atom stereocenters. The van der Waals surface area contributed by atoms with Crippen LogP contribution in [0.4, 0.5) is 0 Å². The van der Waals surface area contributed by atoms with Crippen molar-refractivity contribution in [3.63, 3.8) is 0 Å². The van der Waals surface area contributed by atoms with Gasteiger partial charge in [-0.05, 0) is 31.1 Å². The number of furan rings is 1. The van der Waals surface area contributed by atoms with Gasteiger partial charge in [-0.3, -0.25) is 4.79 Å². The molecule has 1 amide bonds. The van der Waals surface area contributed by atoms with Crippen molar-refractivity contribution in [1.29, 1.82) is 0 Å². The van der Waals surface area contributed by atoms with Gasteiger partial charge >= 0.3 is 0 Å². The minimum Gasteiger partial charge on any atom is -0.450 e. The lowest BCUT2D eigenvalue weighted by Crippen LogP contribution is -2.25. The Morgan fingerprint density at radius 2 is 2.00 bits per heavy atom. The van der Waals surface area contributed by atoms with Crippen molar-refractivity contribution in [3.8, 4) is 0 Å². The van der Waals surface area contributed by atoms with Crippen molar-refractivity contribution in [1.82, 2.24) is 5.32 Å². The van der Waals surface area contributed by atoms with E-state index < -0.39 is 0 Å². The molecule has 0 bridgehead atoms. The molecule has 1 N–H and O–H groups in total. The average Bonchev–Trinajstić information content (AvgIpc) is 3.28. The molecule has 1 aliphatic rings. The fourth-order valence-corrected chi connectivity index (χ4v) is 2.81. The summed E-state index contributed by atoms with van der Waals surface area (Å²) in [5.41, 5.74) is 1.73. The minimum atomic E-state index is -0.0975. The van der Waals surface area contributed by atoms with Gasteiger partial charge in [-0.2, -0.15) is 0 Å². The van der Waals surface area contributed by atoms with Gasteiger partial charge in [0.15, 0.2) is 5.76 Å².